The number of phenolic OH excluding ortho intramolecular Hbond substituents is 1. The van der Waals surface area contributed by atoms with Gasteiger partial charge in [0.2, 0.25) is 0 Å². The van der Waals surface area contributed by atoms with Gasteiger partial charge in [-0.05, 0) is 115 Å². The molecular formula is C34H54N4O4. The Morgan fingerprint density at radius 2 is 1.62 bits per heavy atom. The first-order valence-electron chi connectivity index (χ1n) is 15.5. The molecule has 0 aliphatic heterocycles. The number of azo groups is 1. The molecule has 8 heteroatoms. The molecule has 0 spiro atoms. The van der Waals surface area contributed by atoms with Crippen molar-refractivity contribution in [3.63, 3.8) is 0 Å². The third kappa shape index (κ3) is 13.9. The maximum atomic E-state index is 12.6. The van der Waals surface area contributed by atoms with Crippen LogP contribution in [0.1, 0.15) is 96.0 Å². The van der Waals surface area contributed by atoms with Crippen LogP contribution in [-0.4, -0.2) is 55.6 Å². The lowest BCUT2D eigenvalue weighted by atomic mass is 9.95. The van der Waals surface area contributed by atoms with Crippen molar-refractivity contribution < 1.29 is 19.4 Å². The summed E-state index contributed by atoms with van der Waals surface area (Å²) in [5, 5.41) is 24.6. The molecule has 2 aromatic rings. The van der Waals surface area contributed by atoms with E-state index in [0.29, 0.717) is 36.7 Å². The van der Waals surface area contributed by atoms with Crippen LogP contribution >= 0.6 is 0 Å². The highest BCUT2D eigenvalue weighted by atomic mass is 16.5. The Hall–Kier alpha value is -2.81. The van der Waals surface area contributed by atoms with E-state index in [1.807, 2.05) is 19.2 Å². The largest absolute Gasteiger partial charge is 0.506 e. The molecule has 2 rings (SSSR count). The monoisotopic (exact) mass is 582 g/mol. The number of rotatable bonds is 20. The van der Waals surface area contributed by atoms with Crippen LogP contribution in [0.3, 0.4) is 0 Å². The summed E-state index contributed by atoms with van der Waals surface area (Å²) in [7, 11) is 1.90. The van der Waals surface area contributed by atoms with Crippen molar-refractivity contribution in [2.24, 2.45) is 16.1 Å². The maximum absolute atomic E-state index is 12.6. The summed E-state index contributed by atoms with van der Waals surface area (Å²) in [5.41, 5.74) is 2.23. The van der Waals surface area contributed by atoms with Crippen molar-refractivity contribution >= 4 is 17.3 Å². The first-order chi connectivity index (χ1) is 19.9. The van der Waals surface area contributed by atoms with Gasteiger partial charge in [-0.3, -0.25) is 4.79 Å². The highest BCUT2D eigenvalue weighted by Gasteiger charge is 2.22. The number of likely N-dealkylation sites (N-methyl/N-ethyl adjacent to an activating group) is 1. The number of hydrogen-bond donors (Lipinski definition) is 3. The van der Waals surface area contributed by atoms with E-state index in [2.05, 4.69) is 62.4 Å². The Labute approximate surface area is 253 Å². The average molecular weight is 583 g/mol. The lowest BCUT2D eigenvalue weighted by molar-refractivity contribution is -0.0752. The molecule has 1 unspecified atom stereocenters. The summed E-state index contributed by atoms with van der Waals surface area (Å²) in [5.74, 6) is 0.715. The van der Waals surface area contributed by atoms with Gasteiger partial charge in [0.05, 0.1) is 23.5 Å². The summed E-state index contributed by atoms with van der Waals surface area (Å²) in [6.07, 6.45) is 7.13. The van der Waals surface area contributed by atoms with Crippen molar-refractivity contribution in [2.45, 2.75) is 97.7 Å². The van der Waals surface area contributed by atoms with E-state index in [9.17, 15) is 9.90 Å². The molecule has 0 saturated heterocycles. The number of phenols is 1. The second-order valence-electron chi connectivity index (χ2n) is 12.4. The van der Waals surface area contributed by atoms with E-state index in [4.69, 9.17) is 9.47 Å². The predicted molar refractivity (Wildman–Crippen MR) is 171 cm³/mol. The summed E-state index contributed by atoms with van der Waals surface area (Å²) in [4.78, 5) is 12.6. The van der Waals surface area contributed by atoms with E-state index in [-0.39, 0.29) is 22.9 Å². The van der Waals surface area contributed by atoms with Gasteiger partial charge in [0.25, 0.3) is 5.91 Å². The van der Waals surface area contributed by atoms with Crippen LogP contribution in [0, 0.1) is 5.92 Å². The number of nitrogens with one attached hydrogen (secondary N) is 2. The fourth-order valence-electron chi connectivity index (χ4n) is 4.39. The van der Waals surface area contributed by atoms with Crippen molar-refractivity contribution in [3.05, 3.63) is 53.6 Å². The third-order valence-electron chi connectivity index (χ3n) is 7.58. The number of aromatic hydroxyl groups is 1. The molecule has 1 atom stereocenters. The molecule has 0 bridgehead atoms. The van der Waals surface area contributed by atoms with E-state index >= 15 is 0 Å². The first kappa shape index (κ1) is 35.4. The Bertz CT molecular complexity index is 1100. The summed E-state index contributed by atoms with van der Waals surface area (Å²) in [6.45, 7) is 15.7. The number of amides is 1. The van der Waals surface area contributed by atoms with Gasteiger partial charge in [-0.2, -0.15) is 5.11 Å². The molecule has 0 aliphatic rings. The quantitative estimate of drug-likeness (QED) is 0.109. The zero-order valence-electron chi connectivity index (χ0n) is 27.0. The van der Waals surface area contributed by atoms with Crippen molar-refractivity contribution in [1.82, 2.24) is 10.6 Å². The number of hydrogen-bond acceptors (Lipinski definition) is 7. The van der Waals surface area contributed by atoms with Crippen molar-refractivity contribution in [3.8, 4) is 5.75 Å². The van der Waals surface area contributed by atoms with Gasteiger partial charge in [-0.25, -0.2) is 0 Å². The SMILES string of the molecule is CCC(C)CCCC(C)(C)OCCC(C)(C)OCCCNC(=O)c1ccc(N=Nc2cc(CCNC)ccc2O)cc1. The molecule has 1 amide bonds. The Morgan fingerprint density at radius 3 is 2.31 bits per heavy atom. The minimum atomic E-state index is -0.286. The molecule has 2 aromatic carbocycles. The molecule has 0 aromatic heterocycles. The van der Waals surface area contributed by atoms with Gasteiger partial charge in [-0.15, -0.1) is 5.11 Å². The number of benzene rings is 2. The van der Waals surface area contributed by atoms with Gasteiger partial charge >= 0.3 is 0 Å². The normalized spacial score (nSPS) is 13.0. The minimum Gasteiger partial charge on any atom is -0.506 e. The lowest BCUT2D eigenvalue weighted by Crippen LogP contribution is -2.32. The van der Waals surface area contributed by atoms with Gasteiger partial charge in [0.1, 0.15) is 11.4 Å². The van der Waals surface area contributed by atoms with Crippen LogP contribution in [-0.2, 0) is 15.9 Å². The van der Waals surface area contributed by atoms with Crippen LogP contribution in [0.15, 0.2) is 52.7 Å². The molecule has 8 nitrogen and oxygen atoms in total. The topological polar surface area (TPSA) is 105 Å². The summed E-state index contributed by atoms with van der Waals surface area (Å²) >= 11 is 0. The van der Waals surface area contributed by atoms with Crippen LogP contribution < -0.4 is 10.6 Å². The minimum absolute atomic E-state index is 0.0792. The van der Waals surface area contributed by atoms with Gasteiger partial charge in [0, 0.05) is 18.7 Å². The summed E-state index contributed by atoms with van der Waals surface area (Å²) in [6, 6.07) is 12.2. The smallest absolute Gasteiger partial charge is 0.251 e. The molecule has 42 heavy (non-hydrogen) atoms. The molecule has 3 N–H and O–H groups in total. The molecule has 0 fully saturated rings. The lowest BCUT2D eigenvalue weighted by Gasteiger charge is -2.30. The Kier molecular flexibility index (Phi) is 15.2. The Morgan fingerprint density at radius 1 is 0.929 bits per heavy atom. The molecule has 234 valence electrons. The third-order valence-corrected chi connectivity index (χ3v) is 7.58. The molecule has 0 radical (unpaired) electrons. The van der Waals surface area contributed by atoms with E-state index in [0.717, 1.165) is 43.7 Å². The standard InChI is InChI=1S/C34H54N4O4/c1-8-26(2)11-9-19-33(3,4)42-24-20-34(5,6)41-23-10-21-36-32(40)28-13-15-29(16-14-28)37-38-30-25-27(18-22-35-7)12-17-31(30)39/h12-17,25-26,35,39H,8-11,18-24H2,1-7H3,(H,36,40). The Balaban J connectivity index is 1.69. The van der Waals surface area contributed by atoms with E-state index in [1.165, 1.54) is 19.3 Å². The highest BCUT2D eigenvalue weighted by Crippen LogP contribution is 2.29. The van der Waals surface area contributed by atoms with Crippen molar-refractivity contribution in [1.29, 1.82) is 0 Å². The zero-order chi connectivity index (χ0) is 31.0. The fourth-order valence-corrected chi connectivity index (χ4v) is 4.39. The molecular weight excluding hydrogens is 528 g/mol. The van der Waals surface area contributed by atoms with E-state index in [1.54, 1.807) is 30.3 Å². The van der Waals surface area contributed by atoms with Gasteiger partial charge in [0.15, 0.2) is 0 Å². The number of nitrogens with zero attached hydrogens (tertiary/aromatic N) is 2. The highest BCUT2D eigenvalue weighted by molar-refractivity contribution is 5.94. The van der Waals surface area contributed by atoms with Crippen LogP contribution in [0.25, 0.3) is 0 Å². The second-order valence-corrected chi connectivity index (χ2v) is 12.4. The van der Waals surface area contributed by atoms with Crippen LogP contribution in [0.4, 0.5) is 11.4 Å². The number of carbonyl (C=O) groups is 1. The average Bonchev–Trinajstić information content (AvgIpc) is 2.95. The van der Waals surface area contributed by atoms with E-state index < -0.39 is 0 Å². The molecule has 0 aliphatic carbocycles. The summed E-state index contributed by atoms with van der Waals surface area (Å²) < 4.78 is 12.3. The fraction of sp³-hybridized carbons (Fsp3) is 0.618. The zero-order valence-corrected chi connectivity index (χ0v) is 27.0. The first-order valence-corrected chi connectivity index (χ1v) is 15.5. The number of ether oxygens (including phenoxy) is 2. The van der Waals surface area contributed by atoms with Crippen molar-refractivity contribution in [2.75, 3.05) is 33.4 Å². The predicted octanol–water partition coefficient (Wildman–Crippen LogP) is 7.89. The maximum Gasteiger partial charge on any atom is 0.251 e. The van der Waals surface area contributed by atoms with Crippen LogP contribution in [0.2, 0.25) is 0 Å². The second kappa shape index (κ2) is 18.0. The van der Waals surface area contributed by atoms with Gasteiger partial charge in [-0.1, -0.05) is 39.2 Å². The molecule has 0 heterocycles. The van der Waals surface area contributed by atoms with Crippen LogP contribution in [0.5, 0.6) is 5.75 Å². The molecule has 0 saturated carbocycles. The van der Waals surface area contributed by atoms with Gasteiger partial charge < -0.3 is 25.2 Å². The number of carbonyl (C=O) groups excluding carboxylic acids is 1.